The highest BCUT2D eigenvalue weighted by Crippen LogP contribution is 2.23. The summed E-state index contributed by atoms with van der Waals surface area (Å²) in [6.45, 7) is 5.98. The maximum atomic E-state index is 10.9. The molecule has 1 heterocycles. The molecule has 0 aliphatic heterocycles. The number of terminal acetylenes is 1. The molecule has 0 spiro atoms. The third kappa shape index (κ3) is 3.71. The van der Waals surface area contributed by atoms with Gasteiger partial charge in [0.1, 0.15) is 11.9 Å². The summed E-state index contributed by atoms with van der Waals surface area (Å²) in [5, 5.41) is 12.2. The molecule has 92 valence electrons. The van der Waals surface area contributed by atoms with E-state index in [2.05, 4.69) is 20.6 Å². The van der Waals surface area contributed by atoms with Crippen molar-refractivity contribution in [2.75, 3.05) is 5.32 Å². The molecule has 0 radical (unpaired) electrons. The van der Waals surface area contributed by atoms with E-state index in [0.29, 0.717) is 11.0 Å². The van der Waals surface area contributed by atoms with Gasteiger partial charge in [0.15, 0.2) is 0 Å². The van der Waals surface area contributed by atoms with Crippen molar-refractivity contribution in [2.45, 2.75) is 38.6 Å². The van der Waals surface area contributed by atoms with Crippen LogP contribution in [0.4, 0.5) is 5.13 Å². The topological polar surface area (TPSA) is 75.1 Å². The summed E-state index contributed by atoms with van der Waals surface area (Å²) in [4.78, 5) is 15.1. The van der Waals surface area contributed by atoms with E-state index < -0.39 is 12.0 Å². The zero-order valence-corrected chi connectivity index (χ0v) is 10.8. The number of nitrogens with one attached hydrogen (secondary N) is 1. The molecular formula is C11H15N3O2S. The van der Waals surface area contributed by atoms with Crippen molar-refractivity contribution in [3.8, 4) is 12.3 Å². The first-order valence-electron chi connectivity index (χ1n) is 5.11. The summed E-state index contributed by atoms with van der Waals surface area (Å²) in [7, 11) is 0. The third-order valence-electron chi connectivity index (χ3n) is 2.01. The Bertz CT molecular complexity index is 442. The van der Waals surface area contributed by atoms with Gasteiger partial charge in [-0.15, -0.1) is 12.3 Å². The number of nitrogens with zero attached hydrogens (tertiary/aromatic N) is 2. The largest absolute Gasteiger partial charge is 0.480 e. The highest BCUT2D eigenvalue weighted by molar-refractivity contribution is 7.09. The number of carboxylic acid groups (broad SMARTS) is 1. The van der Waals surface area contributed by atoms with Gasteiger partial charge in [0.05, 0.1) is 0 Å². The van der Waals surface area contributed by atoms with Crippen LogP contribution in [-0.2, 0) is 10.2 Å². The maximum Gasteiger partial charge on any atom is 0.327 e. The molecule has 1 aromatic rings. The van der Waals surface area contributed by atoms with E-state index in [1.807, 2.05) is 20.8 Å². The van der Waals surface area contributed by atoms with Gasteiger partial charge < -0.3 is 10.4 Å². The van der Waals surface area contributed by atoms with Crippen molar-refractivity contribution in [1.29, 1.82) is 0 Å². The van der Waals surface area contributed by atoms with E-state index in [0.717, 1.165) is 11.5 Å². The van der Waals surface area contributed by atoms with Crippen LogP contribution in [0.3, 0.4) is 0 Å². The minimum absolute atomic E-state index is 0.111. The van der Waals surface area contributed by atoms with Crippen LogP contribution in [0.25, 0.3) is 0 Å². The number of carbonyl (C=O) groups is 1. The molecule has 1 unspecified atom stereocenters. The van der Waals surface area contributed by atoms with Crippen LogP contribution >= 0.6 is 11.5 Å². The Balaban J connectivity index is 2.78. The summed E-state index contributed by atoms with van der Waals surface area (Å²) in [5.74, 6) is 2.02. The predicted octanol–water partition coefficient (Wildman–Crippen LogP) is 1.72. The summed E-state index contributed by atoms with van der Waals surface area (Å²) < 4.78 is 4.18. The SMILES string of the molecule is C#CCC(Nc1nc(C(C)(C)C)ns1)C(=O)O. The Hall–Kier alpha value is -1.61. The molecule has 0 saturated heterocycles. The monoisotopic (exact) mass is 253 g/mol. The zero-order valence-electron chi connectivity index (χ0n) is 10.0. The normalized spacial score (nSPS) is 12.8. The van der Waals surface area contributed by atoms with Gasteiger partial charge >= 0.3 is 5.97 Å². The van der Waals surface area contributed by atoms with Crippen LogP contribution in [0, 0.1) is 12.3 Å². The van der Waals surface area contributed by atoms with E-state index in [1.54, 1.807) is 0 Å². The van der Waals surface area contributed by atoms with Crippen LogP contribution < -0.4 is 5.32 Å². The van der Waals surface area contributed by atoms with Crippen LogP contribution in [0.15, 0.2) is 0 Å². The van der Waals surface area contributed by atoms with E-state index in [-0.39, 0.29) is 11.8 Å². The van der Waals surface area contributed by atoms with Crippen LogP contribution in [0.5, 0.6) is 0 Å². The van der Waals surface area contributed by atoms with Crippen molar-refractivity contribution in [3.63, 3.8) is 0 Å². The average Bonchev–Trinajstić information content (AvgIpc) is 2.64. The lowest BCUT2D eigenvalue weighted by Gasteiger charge is -2.13. The Labute approximate surface area is 104 Å². The number of aliphatic carboxylic acids is 1. The molecule has 0 fully saturated rings. The van der Waals surface area contributed by atoms with Gasteiger partial charge in [-0.25, -0.2) is 9.78 Å². The highest BCUT2D eigenvalue weighted by atomic mass is 32.1. The second-order valence-corrected chi connectivity index (χ2v) is 5.37. The lowest BCUT2D eigenvalue weighted by atomic mass is 9.96. The molecule has 1 aromatic heterocycles. The number of hydrogen-bond acceptors (Lipinski definition) is 5. The molecule has 1 atom stereocenters. The first kappa shape index (κ1) is 13.5. The third-order valence-corrected chi connectivity index (χ3v) is 2.66. The quantitative estimate of drug-likeness (QED) is 0.799. The number of anilines is 1. The molecule has 1 rings (SSSR count). The Morgan fingerprint density at radius 2 is 2.29 bits per heavy atom. The fourth-order valence-electron chi connectivity index (χ4n) is 1.05. The van der Waals surface area contributed by atoms with Gasteiger partial charge in [-0.2, -0.15) is 4.37 Å². The number of carboxylic acids is 1. The minimum atomic E-state index is -0.990. The van der Waals surface area contributed by atoms with Gasteiger partial charge in [0.2, 0.25) is 5.13 Å². The molecule has 0 amide bonds. The molecule has 6 heteroatoms. The van der Waals surface area contributed by atoms with E-state index in [1.165, 1.54) is 0 Å². The number of aromatic nitrogens is 2. The van der Waals surface area contributed by atoms with Crippen molar-refractivity contribution in [1.82, 2.24) is 9.36 Å². The first-order valence-corrected chi connectivity index (χ1v) is 5.89. The lowest BCUT2D eigenvalue weighted by Crippen LogP contribution is -2.28. The van der Waals surface area contributed by atoms with Gasteiger partial charge in [-0.3, -0.25) is 0 Å². The van der Waals surface area contributed by atoms with Crippen molar-refractivity contribution >= 4 is 22.6 Å². The van der Waals surface area contributed by atoms with Crippen LogP contribution in [-0.4, -0.2) is 26.5 Å². The van der Waals surface area contributed by atoms with Crippen LogP contribution in [0.1, 0.15) is 33.0 Å². The number of hydrogen-bond donors (Lipinski definition) is 2. The summed E-state index contributed by atoms with van der Waals surface area (Å²) in [6.07, 6.45) is 5.22. The summed E-state index contributed by atoms with van der Waals surface area (Å²) >= 11 is 1.14. The fraction of sp³-hybridized carbons (Fsp3) is 0.545. The van der Waals surface area contributed by atoms with Gasteiger partial charge in [-0.05, 0) is 0 Å². The molecule has 0 saturated carbocycles. The second-order valence-electron chi connectivity index (χ2n) is 4.62. The predicted molar refractivity (Wildman–Crippen MR) is 67.1 cm³/mol. The molecule has 0 aliphatic rings. The van der Waals surface area contributed by atoms with E-state index in [9.17, 15) is 4.79 Å². The van der Waals surface area contributed by atoms with Gasteiger partial charge in [0.25, 0.3) is 0 Å². The Kier molecular flexibility index (Phi) is 4.07. The summed E-state index contributed by atoms with van der Waals surface area (Å²) in [6, 6.07) is -0.819. The molecule has 0 aromatic carbocycles. The highest BCUT2D eigenvalue weighted by Gasteiger charge is 2.22. The van der Waals surface area contributed by atoms with Gasteiger partial charge in [-0.1, -0.05) is 20.8 Å². The molecular weight excluding hydrogens is 238 g/mol. The minimum Gasteiger partial charge on any atom is -0.480 e. The van der Waals surface area contributed by atoms with Gasteiger partial charge in [0, 0.05) is 23.4 Å². The molecule has 0 bridgehead atoms. The van der Waals surface area contributed by atoms with E-state index in [4.69, 9.17) is 11.5 Å². The standard InChI is InChI=1S/C11H15N3O2S/c1-5-6-7(8(15)16)12-10-13-9(14-17-10)11(2,3)4/h1,7H,6H2,2-4H3,(H,15,16)(H,12,13,14). The molecule has 17 heavy (non-hydrogen) atoms. The first-order chi connectivity index (χ1) is 7.84. The molecule has 2 N–H and O–H groups in total. The van der Waals surface area contributed by atoms with Crippen molar-refractivity contribution in [3.05, 3.63) is 5.82 Å². The lowest BCUT2D eigenvalue weighted by molar-refractivity contribution is -0.137. The Morgan fingerprint density at radius 3 is 2.71 bits per heavy atom. The molecule has 0 aliphatic carbocycles. The van der Waals surface area contributed by atoms with Crippen LogP contribution in [0.2, 0.25) is 0 Å². The molecule has 5 nitrogen and oxygen atoms in total. The zero-order chi connectivity index (χ0) is 13.1. The van der Waals surface area contributed by atoms with Crippen molar-refractivity contribution < 1.29 is 9.90 Å². The average molecular weight is 253 g/mol. The number of rotatable bonds is 4. The fourth-order valence-corrected chi connectivity index (χ4v) is 1.86. The maximum absolute atomic E-state index is 10.9. The summed E-state index contributed by atoms with van der Waals surface area (Å²) in [5.41, 5.74) is -0.152. The second kappa shape index (κ2) is 5.15. The smallest absolute Gasteiger partial charge is 0.327 e. The van der Waals surface area contributed by atoms with E-state index >= 15 is 0 Å². The Morgan fingerprint density at radius 1 is 1.65 bits per heavy atom. The van der Waals surface area contributed by atoms with Crippen molar-refractivity contribution in [2.24, 2.45) is 0 Å².